The fraction of sp³-hybridized carbons (Fsp3) is 0.714. The SMILES string of the molecule is Cc1nc(C)c(C(=O)N2C[C@@H]3CN(C(=O)C(C)C)C[C@]3(C(=O)N3CCCC3)C2)s1. The molecule has 29 heavy (non-hydrogen) atoms. The largest absolute Gasteiger partial charge is 0.342 e. The van der Waals surface area contributed by atoms with Crippen LogP contribution < -0.4 is 0 Å². The predicted octanol–water partition coefficient (Wildman–Crippen LogP) is 1.94. The minimum Gasteiger partial charge on any atom is -0.342 e. The summed E-state index contributed by atoms with van der Waals surface area (Å²) in [6.45, 7) is 11.0. The maximum absolute atomic E-state index is 13.6. The molecule has 0 radical (unpaired) electrons. The zero-order chi connectivity index (χ0) is 20.9. The van der Waals surface area contributed by atoms with Crippen LogP contribution in [0.3, 0.4) is 0 Å². The van der Waals surface area contributed by atoms with Crippen molar-refractivity contribution >= 4 is 29.1 Å². The van der Waals surface area contributed by atoms with E-state index in [1.807, 2.05) is 42.4 Å². The highest BCUT2D eigenvalue weighted by atomic mass is 32.1. The van der Waals surface area contributed by atoms with Crippen molar-refractivity contribution in [1.29, 1.82) is 0 Å². The van der Waals surface area contributed by atoms with E-state index >= 15 is 0 Å². The minimum atomic E-state index is -0.668. The molecule has 0 N–H and O–H groups in total. The highest BCUT2D eigenvalue weighted by Gasteiger charge is 2.60. The number of rotatable bonds is 3. The summed E-state index contributed by atoms with van der Waals surface area (Å²) in [4.78, 5) is 50.2. The van der Waals surface area contributed by atoms with Gasteiger partial charge < -0.3 is 14.7 Å². The summed E-state index contributed by atoms with van der Waals surface area (Å²) in [5.74, 6) is 0.106. The van der Waals surface area contributed by atoms with Crippen molar-refractivity contribution in [3.05, 3.63) is 15.6 Å². The van der Waals surface area contributed by atoms with Crippen LogP contribution in [0.1, 0.15) is 47.1 Å². The summed E-state index contributed by atoms with van der Waals surface area (Å²) in [5.41, 5.74) is 0.0872. The molecule has 3 amide bonds. The highest BCUT2D eigenvalue weighted by Crippen LogP contribution is 2.45. The van der Waals surface area contributed by atoms with Gasteiger partial charge in [0.25, 0.3) is 5.91 Å². The van der Waals surface area contributed by atoms with E-state index in [1.54, 1.807) is 0 Å². The molecule has 0 aliphatic carbocycles. The van der Waals surface area contributed by atoms with Gasteiger partial charge in [-0.15, -0.1) is 11.3 Å². The Kier molecular flexibility index (Phi) is 5.17. The predicted molar refractivity (Wildman–Crippen MR) is 111 cm³/mol. The molecule has 4 rings (SSSR count). The molecule has 4 heterocycles. The lowest BCUT2D eigenvalue weighted by atomic mass is 9.79. The van der Waals surface area contributed by atoms with Gasteiger partial charge in [-0.05, 0) is 26.7 Å². The van der Waals surface area contributed by atoms with Gasteiger partial charge in [-0.1, -0.05) is 13.8 Å². The van der Waals surface area contributed by atoms with E-state index < -0.39 is 5.41 Å². The van der Waals surface area contributed by atoms with Crippen LogP contribution >= 0.6 is 11.3 Å². The number of carbonyl (C=O) groups excluding carboxylic acids is 3. The van der Waals surface area contributed by atoms with Gasteiger partial charge in [0.05, 0.1) is 16.1 Å². The fourth-order valence-electron chi connectivity index (χ4n) is 5.16. The molecule has 1 aromatic heterocycles. The van der Waals surface area contributed by atoms with Crippen LogP contribution in [0.4, 0.5) is 0 Å². The second-order valence-corrected chi connectivity index (χ2v) is 10.3. The van der Waals surface area contributed by atoms with Gasteiger partial charge in [0.2, 0.25) is 11.8 Å². The Morgan fingerprint density at radius 1 is 1.03 bits per heavy atom. The van der Waals surface area contributed by atoms with E-state index in [4.69, 9.17) is 0 Å². The molecular formula is C21H30N4O3S. The fourth-order valence-corrected chi connectivity index (χ4v) is 6.05. The molecule has 3 aliphatic rings. The van der Waals surface area contributed by atoms with Gasteiger partial charge in [-0.2, -0.15) is 0 Å². The standard InChI is InChI=1S/C21H30N4O3S/c1-13(2)18(26)24-9-16-10-25(19(27)17-14(3)22-15(4)29-17)12-21(16,11-24)20(28)23-7-5-6-8-23/h13,16H,5-12H2,1-4H3/t16-,21-/m0/s1. The van der Waals surface area contributed by atoms with Gasteiger partial charge in [-0.25, -0.2) is 4.98 Å². The number of amides is 3. The van der Waals surface area contributed by atoms with E-state index in [1.165, 1.54) is 11.3 Å². The minimum absolute atomic E-state index is 0.00317. The van der Waals surface area contributed by atoms with E-state index in [-0.39, 0.29) is 29.6 Å². The van der Waals surface area contributed by atoms with Crippen LogP contribution in [0.5, 0.6) is 0 Å². The molecular weight excluding hydrogens is 388 g/mol. The van der Waals surface area contributed by atoms with Gasteiger partial charge >= 0.3 is 0 Å². The first-order chi connectivity index (χ1) is 13.7. The molecule has 3 fully saturated rings. The first-order valence-corrected chi connectivity index (χ1v) is 11.4. The van der Waals surface area contributed by atoms with Crippen molar-refractivity contribution < 1.29 is 14.4 Å². The zero-order valence-electron chi connectivity index (χ0n) is 17.7. The Balaban J connectivity index is 1.61. The Bertz CT molecular complexity index is 845. The third-order valence-corrected chi connectivity index (χ3v) is 7.68. The van der Waals surface area contributed by atoms with Crippen molar-refractivity contribution in [3.63, 3.8) is 0 Å². The maximum atomic E-state index is 13.6. The van der Waals surface area contributed by atoms with Gasteiger partial charge in [0.15, 0.2) is 0 Å². The van der Waals surface area contributed by atoms with Gasteiger partial charge in [0.1, 0.15) is 4.88 Å². The summed E-state index contributed by atoms with van der Waals surface area (Å²) in [5, 5.41) is 0.877. The Hall–Kier alpha value is -1.96. The van der Waals surface area contributed by atoms with Crippen LogP contribution in [0.25, 0.3) is 0 Å². The van der Waals surface area contributed by atoms with E-state index in [9.17, 15) is 14.4 Å². The molecule has 7 nitrogen and oxygen atoms in total. The first-order valence-electron chi connectivity index (χ1n) is 10.5. The highest BCUT2D eigenvalue weighted by molar-refractivity contribution is 7.13. The van der Waals surface area contributed by atoms with Crippen LogP contribution in [0.15, 0.2) is 0 Å². The number of thiazole rings is 1. The number of aromatic nitrogens is 1. The molecule has 3 aliphatic heterocycles. The number of hydrogen-bond acceptors (Lipinski definition) is 5. The molecule has 0 unspecified atom stereocenters. The normalized spacial score (nSPS) is 26.5. The van der Waals surface area contributed by atoms with Crippen molar-refractivity contribution in [2.75, 3.05) is 39.3 Å². The monoisotopic (exact) mass is 418 g/mol. The van der Waals surface area contributed by atoms with E-state index in [2.05, 4.69) is 4.98 Å². The zero-order valence-corrected chi connectivity index (χ0v) is 18.5. The van der Waals surface area contributed by atoms with E-state index in [0.717, 1.165) is 36.6 Å². The summed E-state index contributed by atoms with van der Waals surface area (Å²) >= 11 is 1.42. The van der Waals surface area contributed by atoms with E-state index in [0.29, 0.717) is 31.1 Å². The molecule has 3 saturated heterocycles. The number of nitrogens with zero attached hydrogens (tertiary/aromatic N) is 4. The van der Waals surface area contributed by atoms with Crippen molar-refractivity contribution in [2.24, 2.45) is 17.3 Å². The molecule has 0 spiro atoms. The number of carbonyl (C=O) groups is 3. The summed E-state index contributed by atoms with van der Waals surface area (Å²) < 4.78 is 0. The van der Waals surface area contributed by atoms with Crippen LogP contribution in [-0.2, 0) is 9.59 Å². The molecule has 1 aromatic rings. The average Bonchev–Trinajstić information content (AvgIpc) is 3.42. The lowest BCUT2D eigenvalue weighted by Crippen LogP contribution is -2.49. The van der Waals surface area contributed by atoms with Crippen LogP contribution in [0, 0.1) is 31.1 Å². The second kappa shape index (κ2) is 7.38. The lowest BCUT2D eigenvalue weighted by molar-refractivity contribution is -0.141. The molecule has 0 aromatic carbocycles. The quantitative estimate of drug-likeness (QED) is 0.752. The Morgan fingerprint density at radius 3 is 2.24 bits per heavy atom. The smallest absolute Gasteiger partial charge is 0.265 e. The van der Waals surface area contributed by atoms with Crippen LogP contribution in [0.2, 0.25) is 0 Å². The molecule has 0 bridgehead atoms. The molecule has 2 atom stereocenters. The second-order valence-electron chi connectivity index (χ2n) is 9.06. The van der Waals surface area contributed by atoms with Gasteiger partial charge in [0, 0.05) is 51.1 Å². The van der Waals surface area contributed by atoms with Gasteiger partial charge in [-0.3, -0.25) is 14.4 Å². The number of fused-ring (bicyclic) bond motifs is 1. The van der Waals surface area contributed by atoms with Crippen molar-refractivity contribution in [1.82, 2.24) is 19.7 Å². The summed E-state index contributed by atoms with van der Waals surface area (Å²) in [6.07, 6.45) is 2.06. The Labute approximate surface area is 176 Å². The van der Waals surface area contributed by atoms with Crippen LogP contribution in [-0.4, -0.2) is 76.7 Å². The molecule has 0 saturated carbocycles. The Morgan fingerprint density at radius 2 is 1.66 bits per heavy atom. The third kappa shape index (κ3) is 3.35. The number of hydrogen-bond donors (Lipinski definition) is 0. The van der Waals surface area contributed by atoms with Crippen molar-refractivity contribution in [2.45, 2.75) is 40.5 Å². The summed E-state index contributed by atoms with van der Waals surface area (Å²) in [7, 11) is 0. The number of aryl methyl sites for hydroxylation is 2. The maximum Gasteiger partial charge on any atom is 0.265 e. The average molecular weight is 419 g/mol. The topological polar surface area (TPSA) is 73.8 Å². The molecule has 158 valence electrons. The summed E-state index contributed by atoms with van der Waals surface area (Å²) in [6, 6.07) is 0. The number of likely N-dealkylation sites (tertiary alicyclic amines) is 3. The molecule has 8 heteroatoms. The lowest BCUT2D eigenvalue weighted by Gasteiger charge is -2.32. The van der Waals surface area contributed by atoms with Crippen molar-refractivity contribution in [3.8, 4) is 0 Å². The first kappa shape index (κ1) is 20.3. The third-order valence-electron chi connectivity index (χ3n) is 6.62.